The third-order valence-corrected chi connectivity index (χ3v) is 4.73. The van der Waals surface area contributed by atoms with E-state index in [1.807, 2.05) is 43.3 Å². The van der Waals surface area contributed by atoms with Gasteiger partial charge in [0, 0.05) is 32.7 Å². The van der Waals surface area contributed by atoms with Gasteiger partial charge in [0.1, 0.15) is 0 Å². The Bertz CT molecular complexity index is 769. The van der Waals surface area contributed by atoms with E-state index in [1.54, 1.807) is 0 Å². The third-order valence-electron chi connectivity index (χ3n) is 4.73. The van der Waals surface area contributed by atoms with E-state index < -0.39 is 0 Å². The van der Waals surface area contributed by atoms with Crippen LogP contribution in [-0.4, -0.2) is 48.0 Å². The Morgan fingerprint density at radius 1 is 1.07 bits per heavy atom. The van der Waals surface area contributed by atoms with Gasteiger partial charge in [0.2, 0.25) is 11.9 Å². The summed E-state index contributed by atoms with van der Waals surface area (Å²) in [6.07, 6.45) is 4.52. The van der Waals surface area contributed by atoms with Crippen molar-refractivity contribution in [1.82, 2.24) is 20.3 Å². The van der Waals surface area contributed by atoms with Crippen LogP contribution in [0.2, 0.25) is 0 Å². The molecule has 0 saturated carbocycles. The van der Waals surface area contributed by atoms with Gasteiger partial charge in [-0.05, 0) is 43.4 Å². The summed E-state index contributed by atoms with van der Waals surface area (Å²) in [6, 6.07) is 7.67. The smallest absolute Gasteiger partial charge is 0.251 e. The van der Waals surface area contributed by atoms with E-state index in [0.717, 1.165) is 32.4 Å². The molecule has 0 atom stereocenters. The molecule has 1 saturated heterocycles. The Morgan fingerprint density at radius 3 is 2.41 bits per heavy atom. The highest BCUT2D eigenvalue weighted by atomic mass is 16.1. The number of hydrogen-bond acceptors (Lipinski definition) is 6. The maximum atomic E-state index is 12.4. The Labute approximate surface area is 160 Å². The van der Waals surface area contributed by atoms with Gasteiger partial charge in [-0.2, -0.15) is 15.0 Å². The van der Waals surface area contributed by atoms with Crippen LogP contribution in [-0.2, 0) is 13.0 Å². The Kier molecular flexibility index (Phi) is 6.21. The van der Waals surface area contributed by atoms with Crippen molar-refractivity contribution >= 4 is 17.8 Å². The molecule has 1 fully saturated rings. The van der Waals surface area contributed by atoms with E-state index in [0.29, 0.717) is 23.3 Å². The molecule has 1 aromatic heterocycles. The fourth-order valence-electron chi connectivity index (χ4n) is 3.06. The minimum absolute atomic E-state index is 0.121. The highest BCUT2D eigenvalue weighted by molar-refractivity contribution is 5.94. The maximum Gasteiger partial charge on any atom is 0.251 e. The number of anilines is 2. The number of benzene rings is 1. The van der Waals surface area contributed by atoms with E-state index in [2.05, 4.69) is 32.1 Å². The lowest BCUT2D eigenvalue weighted by Crippen LogP contribution is -2.32. The van der Waals surface area contributed by atoms with Crippen LogP contribution in [0.5, 0.6) is 0 Å². The molecule has 1 N–H and O–H groups in total. The molecule has 7 heteroatoms. The molecular formula is C20H28N6O. The fourth-order valence-corrected chi connectivity index (χ4v) is 3.06. The highest BCUT2D eigenvalue weighted by Crippen LogP contribution is 2.18. The number of piperidine rings is 1. The lowest BCUT2D eigenvalue weighted by atomic mass is 10.1. The van der Waals surface area contributed by atoms with E-state index >= 15 is 0 Å². The van der Waals surface area contributed by atoms with Crippen LogP contribution in [0, 0.1) is 0 Å². The summed E-state index contributed by atoms with van der Waals surface area (Å²) in [7, 11) is 3.82. The molecule has 7 nitrogen and oxygen atoms in total. The predicted molar refractivity (Wildman–Crippen MR) is 107 cm³/mol. The molecule has 144 valence electrons. The molecule has 27 heavy (non-hydrogen) atoms. The number of nitrogens with one attached hydrogen (secondary N) is 1. The van der Waals surface area contributed by atoms with Crippen molar-refractivity contribution in [3.05, 3.63) is 41.2 Å². The van der Waals surface area contributed by atoms with Crippen molar-refractivity contribution in [2.24, 2.45) is 0 Å². The van der Waals surface area contributed by atoms with Gasteiger partial charge in [-0.3, -0.25) is 4.79 Å². The average molecular weight is 368 g/mol. The molecule has 0 bridgehead atoms. The van der Waals surface area contributed by atoms with Crippen LogP contribution in [0.4, 0.5) is 11.9 Å². The number of aromatic nitrogens is 3. The Balaban J connectivity index is 1.72. The minimum atomic E-state index is -0.121. The highest BCUT2D eigenvalue weighted by Gasteiger charge is 2.17. The number of carbonyl (C=O) groups is 1. The van der Waals surface area contributed by atoms with Crippen molar-refractivity contribution in [2.75, 3.05) is 37.0 Å². The minimum Gasteiger partial charge on any atom is -0.347 e. The van der Waals surface area contributed by atoms with Gasteiger partial charge in [-0.15, -0.1) is 0 Å². The third kappa shape index (κ3) is 4.93. The summed E-state index contributed by atoms with van der Waals surface area (Å²) in [5.74, 6) is 1.77. The summed E-state index contributed by atoms with van der Waals surface area (Å²) in [5.41, 5.74) is 1.86. The second kappa shape index (κ2) is 8.79. The van der Waals surface area contributed by atoms with Crippen LogP contribution in [0.25, 0.3) is 0 Å². The maximum absolute atomic E-state index is 12.4. The first-order valence-electron chi connectivity index (χ1n) is 9.61. The van der Waals surface area contributed by atoms with Crippen LogP contribution >= 0.6 is 0 Å². The molecule has 0 aliphatic carbocycles. The molecule has 1 aromatic carbocycles. The van der Waals surface area contributed by atoms with Gasteiger partial charge in [0.05, 0.1) is 6.54 Å². The molecular weight excluding hydrogens is 340 g/mol. The number of carbonyl (C=O) groups excluding carboxylic acids is 1. The average Bonchev–Trinajstić information content (AvgIpc) is 2.72. The van der Waals surface area contributed by atoms with E-state index in [4.69, 9.17) is 0 Å². The normalized spacial score (nSPS) is 14.1. The van der Waals surface area contributed by atoms with Crippen LogP contribution < -0.4 is 15.1 Å². The zero-order chi connectivity index (χ0) is 19.2. The first-order chi connectivity index (χ1) is 13.1. The summed E-state index contributed by atoms with van der Waals surface area (Å²) in [4.78, 5) is 30.1. The first-order valence-corrected chi connectivity index (χ1v) is 9.61. The monoisotopic (exact) mass is 368 g/mol. The van der Waals surface area contributed by atoms with Crippen molar-refractivity contribution in [1.29, 1.82) is 0 Å². The van der Waals surface area contributed by atoms with Crippen molar-refractivity contribution < 1.29 is 4.79 Å². The van der Waals surface area contributed by atoms with Gasteiger partial charge in [0.15, 0.2) is 5.82 Å². The van der Waals surface area contributed by atoms with Crippen molar-refractivity contribution in [2.45, 2.75) is 39.2 Å². The largest absolute Gasteiger partial charge is 0.347 e. The van der Waals surface area contributed by atoms with E-state index in [9.17, 15) is 4.79 Å². The number of amides is 1. The van der Waals surface area contributed by atoms with E-state index in [-0.39, 0.29) is 12.5 Å². The lowest BCUT2D eigenvalue weighted by molar-refractivity contribution is 0.0950. The first kappa shape index (κ1) is 19.1. The van der Waals surface area contributed by atoms with Gasteiger partial charge in [-0.25, -0.2) is 0 Å². The number of hydrogen-bond donors (Lipinski definition) is 1. The second-order valence-electron chi connectivity index (χ2n) is 7.03. The van der Waals surface area contributed by atoms with Gasteiger partial charge < -0.3 is 15.1 Å². The molecule has 2 heterocycles. The van der Waals surface area contributed by atoms with Crippen molar-refractivity contribution in [3.8, 4) is 0 Å². The summed E-state index contributed by atoms with van der Waals surface area (Å²) < 4.78 is 0. The molecule has 1 aliphatic heterocycles. The molecule has 2 aromatic rings. The quantitative estimate of drug-likeness (QED) is 0.844. The Hall–Kier alpha value is -2.70. The van der Waals surface area contributed by atoms with Crippen LogP contribution in [0.3, 0.4) is 0 Å². The Morgan fingerprint density at radius 2 is 1.78 bits per heavy atom. The molecule has 0 spiro atoms. The number of nitrogens with zero attached hydrogens (tertiary/aromatic N) is 5. The standard InChI is InChI=1S/C20H28N6O/c1-4-15-8-10-16(11-9-15)18(27)21-14-17-22-19(25(2)3)24-20(23-17)26-12-6-5-7-13-26/h8-11H,4-7,12-14H2,1-3H3,(H,21,27). The molecule has 0 unspecified atom stereocenters. The van der Waals surface area contributed by atoms with E-state index in [1.165, 1.54) is 12.0 Å². The SMILES string of the molecule is CCc1ccc(C(=O)NCc2nc(N(C)C)nc(N3CCCCC3)n2)cc1. The fraction of sp³-hybridized carbons (Fsp3) is 0.500. The van der Waals surface area contributed by atoms with Crippen molar-refractivity contribution in [3.63, 3.8) is 0 Å². The lowest BCUT2D eigenvalue weighted by Gasteiger charge is -2.27. The predicted octanol–water partition coefficient (Wildman–Crippen LogP) is 2.42. The van der Waals surface area contributed by atoms with Gasteiger partial charge in [0.25, 0.3) is 5.91 Å². The second-order valence-corrected chi connectivity index (χ2v) is 7.03. The summed E-state index contributed by atoms with van der Waals surface area (Å²) >= 11 is 0. The van der Waals surface area contributed by atoms with Gasteiger partial charge >= 0.3 is 0 Å². The summed E-state index contributed by atoms with van der Waals surface area (Å²) in [6.45, 7) is 4.30. The summed E-state index contributed by atoms with van der Waals surface area (Å²) in [5, 5.41) is 2.92. The topological polar surface area (TPSA) is 74.2 Å². The molecule has 1 amide bonds. The zero-order valence-electron chi connectivity index (χ0n) is 16.4. The number of rotatable bonds is 6. The zero-order valence-corrected chi connectivity index (χ0v) is 16.4. The molecule has 1 aliphatic rings. The molecule has 0 radical (unpaired) electrons. The van der Waals surface area contributed by atoms with Crippen LogP contribution in [0.1, 0.15) is 47.9 Å². The number of aryl methyl sites for hydroxylation is 1. The molecule has 3 rings (SSSR count). The van der Waals surface area contributed by atoms with Crippen LogP contribution in [0.15, 0.2) is 24.3 Å². The van der Waals surface area contributed by atoms with Gasteiger partial charge in [-0.1, -0.05) is 19.1 Å².